The van der Waals surface area contributed by atoms with Crippen LogP contribution in [0.2, 0.25) is 0 Å². The molecule has 1 fully saturated rings. The Balaban J connectivity index is 2.21. The second-order valence-electron chi connectivity index (χ2n) is 9.11. The molecule has 1 saturated heterocycles. The van der Waals surface area contributed by atoms with E-state index in [1.165, 1.54) is 19.1 Å². The predicted molar refractivity (Wildman–Crippen MR) is 138 cm³/mol. The maximum atomic E-state index is 13.4. The highest BCUT2D eigenvalue weighted by Crippen LogP contribution is 2.43. The van der Waals surface area contributed by atoms with E-state index in [1.54, 1.807) is 39.0 Å². The molecule has 2 N–H and O–H groups in total. The minimum Gasteiger partial charge on any atom is -0.507 e. The van der Waals surface area contributed by atoms with Crippen molar-refractivity contribution in [2.24, 2.45) is 0 Å². The first-order valence-electron chi connectivity index (χ1n) is 12.1. The number of ether oxygens (including phenoxy) is 3. The van der Waals surface area contributed by atoms with Crippen molar-refractivity contribution in [3.05, 3.63) is 51.9 Å². The molecule has 3 rings (SSSR count). The third-order valence-corrected chi connectivity index (χ3v) is 6.42. The molecule has 200 valence electrons. The number of aryl methyl sites for hydroxylation is 1. The fourth-order valence-electron chi connectivity index (χ4n) is 4.68. The Hall–Kier alpha value is -3.79. The van der Waals surface area contributed by atoms with Gasteiger partial charge in [-0.05, 0) is 71.1 Å². The average Bonchev–Trinajstić information content (AvgIpc) is 3.30. The summed E-state index contributed by atoms with van der Waals surface area (Å²) in [5.74, 6) is -1.49. The van der Waals surface area contributed by atoms with E-state index in [2.05, 4.69) is 4.98 Å². The van der Waals surface area contributed by atoms with E-state index >= 15 is 0 Å². The molecule has 1 aliphatic heterocycles. The SMILES string of the molecule is CCOC(=O)c1[nH]c(C)c(C(O)=C2C(=O)C(=O)N(CCCN(C)C)C2c2ccc(OC)c(OC)c2)c1C. The van der Waals surface area contributed by atoms with Gasteiger partial charge in [-0.1, -0.05) is 6.07 Å². The standard InChI is InChI=1S/C27H35N3O7/c1-8-37-27(34)22-15(2)20(16(3)28-22)24(31)21-23(17-10-11-18(35-6)19(14-17)36-7)30(26(33)25(21)32)13-9-12-29(4)5/h10-11,14,23,28,31H,8-9,12-13H2,1-7H3. The van der Waals surface area contributed by atoms with Gasteiger partial charge in [0.2, 0.25) is 0 Å². The number of likely N-dealkylation sites (tertiary alicyclic amines) is 1. The zero-order chi connectivity index (χ0) is 27.4. The molecule has 1 aromatic heterocycles. The van der Waals surface area contributed by atoms with Crippen LogP contribution >= 0.6 is 0 Å². The molecule has 1 amide bonds. The van der Waals surface area contributed by atoms with E-state index in [4.69, 9.17) is 14.2 Å². The number of carbonyl (C=O) groups excluding carboxylic acids is 3. The molecule has 1 aliphatic rings. The average molecular weight is 514 g/mol. The molecule has 1 atom stereocenters. The first kappa shape index (κ1) is 27.8. The Morgan fingerprint density at radius 1 is 1.14 bits per heavy atom. The summed E-state index contributed by atoms with van der Waals surface area (Å²) in [5.41, 5.74) is 1.91. The summed E-state index contributed by atoms with van der Waals surface area (Å²) >= 11 is 0. The van der Waals surface area contributed by atoms with Crippen molar-refractivity contribution >= 4 is 23.4 Å². The molecule has 0 aliphatic carbocycles. The molecule has 1 unspecified atom stereocenters. The fraction of sp³-hybridized carbons (Fsp3) is 0.444. The lowest BCUT2D eigenvalue weighted by Gasteiger charge is -2.26. The lowest BCUT2D eigenvalue weighted by molar-refractivity contribution is -0.139. The van der Waals surface area contributed by atoms with Crippen LogP contribution in [0.25, 0.3) is 5.76 Å². The van der Waals surface area contributed by atoms with Crippen molar-refractivity contribution < 1.29 is 33.7 Å². The normalized spacial score (nSPS) is 17.0. The predicted octanol–water partition coefficient (Wildman–Crippen LogP) is 3.20. The number of ketones is 1. The van der Waals surface area contributed by atoms with Gasteiger partial charge in [0, 0.05) is 17.8 Å². The monoisotopic (exact) mass is 513 g/mol. The molecule has 10 nitrogen and oxygen atoms in total. The van der Waals surface area contributed by atoms with E-state index < -0.39 is 23.7 Å². The van der Waals surface area contributed by atoms with Gasteiger partial charge >= 0.3 is 5.97 Å². The number of carbonyl (C=O) groups is 3. The summed E-state index contributed by atoms with van der Waals surface area (Å²) in [7, 11) is 6.87. The number of amides is 1. The molecule has 0 bridgehead atoms. The van der Waals surface area contributed by atoms with Crippen LogP contribution in [0.3, 0.4) is 0 Å². The molecular weight excluding hydrogens is 478 g/mol. The number of nitrogens with one attached hydrogen (secondary N) is 1. The van der Waals surface area contributed by atoms with Crippen LogP contribution in [0.5, 0.6) is 11.5 Å². The summed E-state index contributed by atoms with van der Waals surface area (Å²) in [5, 5.41) is 11.5. The van der Waals surface area contributed by atoms with Crippen molar-refractivity contribution in [1.29, 1.82) is 0 Å². The number of methoxy groups -OCH3 is 2. The quantitative estimate of drug-likeness (QED) is 0.215. The highest BCUT2D eigenvalue weighted by atomic mass is 16.5. The minimum absolute atomic E-state index is 0.0531. The van der Waals surface area contributed by atoms with Crippen molar-refractivity contribution in [1.82, 2.24) is 14.8 Å². The number of H-pyrrole nitrogens is 1. The number of nitrogens with zero attached hydrogens (tertiary/aromatic N) is 2. The van der Waals surface area contributed by atoms with Gasteiger partial charge in [-0.3, -0.25) is 9.59 Å². The molecular formula is C27H35N3O7. The van der Waals surface area contributed by atoms with Gasteiger partial charge in [0.05, 0.1) is 32.4 Å². The first-order valence-corrected chi connectivity index (χ1v) is 12.1. The van der Waals surface area contributed by atoms with Crippen LogP contribution in [-0.2, 0) is 14.3 Å². The third kappa shape index (κ3) is 5.34. The summed E-state index contributed by atoms with van der Waals surface area (Å²) in [6.45, 7) is 6.24. The van der Waals surface area contributed by atoms with Gasteiger partial charge in [-0.25, -0.2) is 4.79 Å². The minimum atomic E-state index is -0.860. The van der Waals surface area contributed by atoms with E-state index in [1.807, 2.05) is 19.0 Å². The summed E-state index contributed by atoms with van der Waals surface area (Å²) in [6.07, 6.45) is 0.624. The first-order chi connectivity index (χ1) is 17.6. The van der Waals surface area contributed by atoms with E-state index in [0.717, 1.165) is 0 Å². The van der Waals surface area contributed by atoms with Gasteiger partial charge in [0.25, 0.3) is 11.7 Å². The maximum Gasteiger partial charge on any atom is 0.355 e. The topological polar surface area (TPSA) is 121 Å². The van der Waals surface area contributed by atoms with Crippen LogP contribution in [0.15, 0.2) is 23.8 Å². The van der Waals surface area contributed by atoms with Gasteiger partial charge in [0.1, 0.15) is 11.5 Å². The number of aliphatic hydroxyl groups excluding tert-OH is 1. The molecule has 2 heterocycles. The van der Waals surface area contributed by atoms with E-state index in [0.29, 0.717) is 53.4 Å². The molecule has 10 heteroatoms. The number of hydrogen-bond acceptors (Lipinski definition) is 8. The second-order valence-corrected chi connectivity index (χ2v) is 9.11. The fourth-order valence-corrected chi connectivity index (χ4v) is 4.68. The number of Topliss-reactive ketones (excluding diaryl/α,β-unsaturated/α-hetero) is 1. The number of rotatable bonds is 10. The number of aromatic amines is 1. The Morgan fingerprint density at radius 3 is 2.41 bits per heavy atom. The van der Waals surface area contributed by atoms with Crippen LogP contribution in [-0.4, -0.2) is 85.6 Å². The Morgan fingerprint density at radius 2 is 1.81 bits per heavy atom. The van der Waals surface area contributed by atoms with Gasteiger partial charge < -0.3 is 34.1 Å². The van der Waals surface area contributed by atoms with Gasteiger partial charge in [-0.15, -0.1) is 0 Å². The molecule has 0 spiro atoms. The lowest BCUT2D eigenvalue weighted by Crippen LogP contribution is -2.32. The van der Waals surface area contributed by atoms with Crippen molar-refractivity contribution in [3.63, 3.8) is 0 Å². The van der Waals surface area contributed by atoms with Crippen LogP contribution < -0.4 is 9.47 Å². The Labute approximate surface area is 216 Å². The summed E-state index contributed by atoms with van der Waals surface area (Å²) < 4.78 is 15.9. The number of benzene rings is 1. The maximum absolute atomic E-state index is 13.4. The van der Waals surface area contributed by atoms with E-state index in [9.17, 15) is 19.5 Å². The van der Waals surface area contributed by atoms with Gasteiger partial charge in [-0.2, -0.15) is 0 Å². The Bertz CT molecular complexity index is 1230. The zero-order valence-electron chi connectivity index (χ0n) is 22.4. The number of esters is 1. The molecule has 0 radical (unpaired) electrons. The number of aliphatic hydroxyl groups is 1. The highest BCUT2D eigenvalue weighted by Gasteiger charge is 2.46. The Kier molecular flexibility index (Phi) is 8.65. The third-order valence-electron chi connectivity index (χ3n) is 6.42. The lowest BCUT2D eigenvalue weighted by atomic mass is 9.93. The summed E-state index contributed by atoms with van der Waals surface area (Å²) in [6, 6.07) is 4.27. The summed E-state index contributed by atoms with van der Waals surface area (Å²) in [4.78, 5) is 45.5. The largest absolute Gasteiger partial charge is 0.507 e. The molecule has 37 heavy (non-hydrogen) atoms. The van der Waals surface area contributed by atoms with Crippen LogP contribution in [0.4, 0.5) is 0 Å². The van der Waals surface area contributed by atoms with Crippen LogP contribution in [0, 0.1) is 13.8 Å². The molecule has 1 aromatic carbocycles. The van der Waals surface area contributed by atoms with Gasteiger partial charge in [0.15, 0.2) is 11.5 Å². The van der Waals surface area contributed by atoms with Crippen LogP contribution in [0.1, 0.15) is 52.3 Å². The number of hydrogen-bond donors (Lipinski definition) is 2. The second kappa shape index (κ2) is 11.5. The molecule has 2 aromatic rings. The highest BCUT2D eigenvalue weighted by molar-refractivity contribution is 6.46. The van der Waals surface area contributed by atoms with Crippen molar-refractivity contribution in [2.45, 2.75) is 33.2 Å². The van der Waals surface area contributed by atoms with Crippen molar-refractivity contribution in [3.8, 4) is 11.5 Å². The zero-order valence-corrected chi connectivity index (χ0v) is 22.4. The molecule has 0 saturated carbocycles. The number of aromatic nitrogens is 1. The van der Waals surface area contributed by atoms with E-state index in [-0.39, 0.29) is 23.6 Å². The van der Waals surface area contributed by atoms with Crippen molar-refractivity contribution in [2.75, 3.05) is 48.0 Å². The smallest absolute Gasteiger partial charge is 0.355 e.